The molecule has 0 bridgehead atoms. The summed E-state index contributed by atoms with van der Waals surface area (Å²) in [4.78, 5) is 8.42. The normalized spacial score (nSPS) is 12.5. The molecule has 344 valence electrons. The summed E-state index contributed by atoms with van der Waals surface area (Å²) >= 11 is 0. The lowest BCUT2D eigenvalue weighted by molar-refractivity contribution is 0.423. The summed E-state index contributed by atoms with van der Waals surface area (Å²) in [6, 6.07) is 6.50. The average Bonchev–Trinajstić information content (AvgIpc) is 3.99. The fourth-order valence-electron chi connectivity index (χ4n) is 5.82. The fourth-order valence-corrected chi connectivity index (χ4v) is 8.12. The van der Waals surface area contributed by atoms with Crippen LogP contribution in [0.2, 0.25) is 0 Å². The maximum absolute atomic E-state index is 12.2. The van der Waals surface area contributed by atoms with Gasteiger partial charge in [0.15, 0.2) is 34.6 Å². The van der Waals surface area contributed by atoms with Crippen molar-refractivity contribution < 1.29 is 57.0 Å². The van der Waals surface area contributed by atoms with E-state index in [0.29, 0.717) is 45.8 Å². The lowest BCUT2D eigenvalue weighted by Crippen LogP contribution is -2.13. The molecule has 0 fully saturated rings. The summed E-state index contributed by atoms with van der Waals surface area (Å²) in [7, 11) is -20.0. The average molecular weight is 998 g/mol. The van der Waals surface area contributed by atoms with Crippen LogP contribution in [0.5, 0.6) is 6.01 Å². The van der Waals surface area contributed by atoms with Crippen molar-refractivity contribution in [2.24, 2.45) is 20.5 Å². The summed E-state index contributed by atoms with van der Waals surface area (Å²) in [6.45, 7) is 2.75. The van der Waals surface area contributed by atoms with Crippen LogP contribution >= 0.6 is 0 Å². The predicted molar refractivity (Wildman–Crippen MR) is 218 cm³/mol. The molecule has 0 aliphatic carbocycles. The van der Waals surface area contributed by atoms with Gasteiger partial charge in [-0.1, -0.05) is 0 Å². The van der Waals surface area contributed by atoms with E-state index in [4.69, 9.17) is 11.5 Å². The number of aryl methyl sites for hydroxylation is 2. The molecule has 0 unspecified atom stereocenters. The lowest BCUT2D eigenvalue weighted by Gasteiger charge is -2.10. The molecule has 0 amide bonds. The van der Waals surface area contributed by atoms with Gasteiger partial charge in [0.1, 0.15) is 33.1 Å². The van der Waals surface area contributed by atoms with E-state index in [1.807, 2.05) is 0 Å². The minimum absolute atomic E-state index is 0.000756. The number of benzene rings is 2. The van der Waals surface area contributed by atoms with E-state index < -0.39 is 101 Å². The van der Waals surface area contributed by atoms with Crippen molar-refractivity contribution in [2.75, 3.05) is 11.5 Å². The maximum Gasteiger partial charge on any atom is 0.320 e. The van der Waals surface area contributed by atoms with Crippen molar-refractivity contribution in [2.45, 2.75) is 33.4 Å². The summed E-state index contributed by atoms with van der Waals surface area (Å²) in [6.07, 6.45) is 1.81. The van der Waals surface area contributed by atoms with Gasteiger partial charge in [-0.2, -0.15) is 88.9 Å². The lowest BCUT2D eigenvalue weighted by atomic mass is 10.3. The Hall–Kier alpha value is -8.49. The largest absolute Gasteiger partial charge is 0.479 e. The Kier molecular flexibility index (Phi) is 11.4. The van der Waals surface area contributed by atoms with E-state index in [1.54, 1.807) is 12.1 Å². The Bertz CT molecular complexity index is 3620. The number of azo groups is 2. The number of rotatable bonds is 12. The van der Waals surface area contributed by atoms with Crippen molar-refractivity contribution >= 4 is 75.1 Å². The minimum Gasteiger partial charge on any atom is -0.479 e. The van der Waals surface area contributed by atoms with E-state index in [9.17, 15) is 67.5 Å². The van der Waals surface area contributed by atoms with Gasteiger partial charge < -0.3 is 16.6 Å². The molecule has 2 aromatic carbocycles. The van der Waals surface area contributed by atoms with Gasteiger partial charge in [0.05, 0.1) is 44.9 Å². The van der Waals surface area contributed by atoms with Gasteiger partial charge in [-0.05, 0) is 50.2 Å². The maximum atomic E-state index is 12.2. The molecule has 32 nitrogen and oxygen atoms in total. The van der Waals surface area contributed by atoms with Gasteiger partial charge in [0, 0.05) is 0 Å². The standard InChI is InChI=1S/C31H23N19O13S4/c1-13-23(41-43-27-15(9-32)11-36-47(27)19-7-17(64(52,53)54)3-5-21(19)66(58,59)60)25(34)49(45-13)29-38-30(40-31(51)39-29)50-26(35)24(14(2)46-50)42-44-28-16(10-33)12-37-48(28)20-8-18(65(55,56)57)4-6-22(20)67(61,62)63/h3-8,11-12H,34-35H2,1-2H3,(H,52,53,54)(H,55,56,57)(H,58,59,60)(H,61,62,63)(H,38,39,40,51). The first-order chi connectivity index (χ1) is 31.2. The first-order valence-electron chi connectivity index (χ1n) is 17.4. The van der Waals surface area contributed by atoms with Gasteiger partial charge in [0.25, 0.3) is 52.4 Å². The van der Waals surface area contributed by atoms with Gasteiger partial charge >= 0.3 is 6.01 Å². The molecule has 0 aliphatic heterocycles. The number of nitrogens with two attached hydrogens (primary N) is 2. The van der Waals surface area contributed by atoms with Crippen LogP contribution in [0.1, 0.15) is 22.5 Å². The molecular formula is C31H23N19O13S4. The number of aromatic nitrogens is 11. The summed E-state index contributed by atoms with van der Waals surface area (Å²) < 4.78 is 138. The van der Waals surface area contributed by atoms with Crippen LogP contribution < -0.4 is 11.5 Å². The topological polar surface area (TPSA) is 497 Å². The Morgan fingerprint density at radius 3 is 1.27 bits per heavy atom. The molecule has 36 heteroatoms. The SMILES string of the molecule is Cc1nn(-c2nc(O)nc(-n3nc(C)c(N=Nc4c(C#N)cnn4-c4cc(S(=O)(=O)O)ccc4S(=O)(=O)O)c3N)n2)c(N)c1N=Nc1c(C#N)cnn1-c1cc(S(=O)(=O)O)ccc1S(=O)(=O)O. The number of hydrogen-bond donors (Lipinski definition) is 7. The zero-order valence-corrected chi connectivity index (χ0v) is 36.3. The van der Waals surface area contributed by atoms with E-state index in [1.165, 1.54) is 13.8 Å². The van der Waals surface area contributed by atoms with E-state index >= 15 is 0 Å². The summed E-state index contributed by atoms with van der Waals surface area (Å²) in [5, 5.41) is 62.2. The van der Waals surface area contributed by atoms with Gasteiger partial charge in [-0.15, -0.1) is 20.5 Å². The predicted octanol–water partition coefficient (Wildman–Crippen LogP) is 1.66. The van der Waals surface area contributed by atoms with Crippen LogP contribution in [0.25, 0.3) is 23.3 Å². The highest BCUT2D eigenvalue weighted by Gasteiger charge is 2.28. The Balaban J connectivity index is 1.26. The molecule has 67 heavy (non-hydrogen) atoms. The number of nitriles is 2. The summed E-state index contributed by atoms with van der Waals surface area (Å²) in [5.74, 6) is -2.78. The van der Waals surface area contributed by atoms with Crippen LogP contribution in [0.4, 0.5) is 34.6 Å². The highest BCUT2D eigenvalue weighted by molar-refractivity contribution is 7.86. The van der Waals surface area contributed by atoms with Crippen molar-refractivity contribution in [3.8, 4) is 41.4 Å². The molecule has 0 spiro atoms. The van der Waals surface area contributed by atoms with Crippen molar-refractivity contribution in [1.29, 1.82) is 10.5 Å². The van der Waals surface area contributed by atoms with Crippen LogP contribution in [0, 0.1) is 36.5 Å². The van der Waals surface area contributed by atoms with E-state index in [-0.39, 0.29) is 45.5 Å². The molecule has 7 rings (SSSR count). The van der Waals surface area contributed by atoms with Gasteiger partial charge in [0.2, 0.25) is 0 Å². The van der Waals surface area contributed by atoms with Crippen molar-refractivity contribution in [1.82, 2.24) is 54.1 Å². The summed E-state index contributed by atoms with van der Waals surface area (Å²) in [5.41, 5.74) is 10.2. The molecule has 9 N–H and O–H groups in total. The third-order valence-electron chi connectivity index (χ3n) is 8.79. The zero-order valence-electron chi connectivity index (χ0n) is 33.0. The van der Waals surface area contributed by atoms with Crippen molar-refractivity contribution in [3.63, 3.8) is 0 Å². The third kappa shape index (κ3) is 8.85. The smallest absolute Gasteiger partial charge is 0.320 e. The van der Waals surface area contributed by atoms with E-state index in [2.05, 4.69) is 55.8 Å². The second kappa shape index (κ2) is 16.5. The molecule has 0 saturated heterocycles. The van der Waals surface area contributed by atoms with Crippen molar-refractivity contribution in [3.05, 3.63) is 71.3 Å². The van der Waals surface area contributed by atoms with E-state index in [0.717, 1.165) is 21.8 Å². The third-order valence-corrected chi connectivity index (χ3v) is 12.3. The number of hydrogen-bond acceptors (Lipinski definition) is 24. The molecular weight excluding hydrogens is 975 g/mol. The second-order valence-corrected chi connectivity index (χ2v) is 18.7. The Labute approximate surface area is 373 Å². The monoisotopic (exact) mass is 997 g/mol. The van der Waals surface area contributed by atoms with Crippen LogP contribution in [0.3, 0.4) is 0 Å². The Morgan fingerprint density at radius 1 is 0.567 bits per heavy atom. The van der Waals surface area contributed by atoms with Crippen LogP contribution in [-0.4, -0.2) is 111 Å². The minimum atomic E-state index is -5.08. The van der Waals surface area contributed by atoms with Crippen LogP contribution in [0.15, 0.2) is 88.8 Å². The molecule has 0 atom stereocenters. The highest BCUT2D eigenvalue weighted by atomic mass is 32.2. The highest BCUT2D eigenvalue weighted by Crippen LogP contribution is 2.36. The zero-order chi connectivity index (χ0) is 49.1. The van der Waals surface area contributed by atoms with Crippen LogP contribution in [-0.2, 0) is 40.5 Å². The molecule has 0 saturated carbocycles. The number of aromatic hydroxyl groups is 1. The second-order valence-electron chi connectivity index (χ2n) is 13.1. The van der Waals surface area contributed by atoms with Gasteiger partial charge in [-0.25, -0.2) is 9.36 Å². The number of nitrogen functional groups attached to an aromatic ring is 2. The Morgan fingerprint density at radius 2 is 0.940 bits per heavy atom. The number of anilines is 2. The number of nitrogens with zero attached hydrogens (tertiary/aromatic N) is 17. The van der Waals surface area contributed by atoms with Gasteiger partial charge in [-0.3, -0.25) is 18.2 Å². The molecule has 0 aliphatic rings. The fraction of sp³-hybridized carbons (Fsp3) is 0.0645. The molecule has 5 heterocycles. The molecule has 0 radical (unpaired) electrons. The molecule has 5 aromatic heterocycles. The first-order valence-corrected chi connectivity index (χ1v) is 23.1. The quantitative estimate of drug-likeness (QED) is 0.0676. The molecule has 7 aromatic rings. The first kappa shape index (κ1) is 46.5.